The van der Waals surface area contributed by atoms with Crippen molar-refractivity contribution in [2.75, 3.05) is 7.11 Å². The van der Waals surface area contributed by atoms with Crippen molar-refractivity contribution in [3.05, 3.63) is 64.7 Å². The highest BCUT2D eigenvalue weighted by Crippen LogP contribution is 2.29. The standard InChI is InChI=1S/C15H12F4O2/c1-21-8-5-12(18)15(13(19)6-8)14(20)7-9-10(16)3-2-4-11(9)17/h2-6,14,20H,7H2,1H3. The normalized spacial score (nSPS) is 12.3. The second-order valence-corrected chi connectivity index (χ2v) is 4.42. The molecule has 0 heterocycles. The van der Waals surface area contributed by atoms with Gasteiger partial charge in [0.25, 0.3) is 0 Å². The second kappa shape index (κ2) is 6.13. The number of aliphatic hydroxyl groups is 1. The Balaban J connectivity index is 2.35. The third kappa shape index (κ3) is 3.16. The largest absolute Gasteiger partial charge is 0.497 e. The maximum Gasteiger partial charge on any atom is 0.135 e. The van der Waals surface area contributed by atoms with Crippen LogP contribution in [0.15, 0.2) is 30.3 Å². The zero-order valence-corrected chi connectivity index (χ0v) is 11.0. The maximum atomic E-state index is 13.8. The Hall–Kier alpha value is -2.08. The zero-order chi connectivity index (χ0) is 15.6. The summed E-state index contributed by atoms with van der Waals surface area (Å²) < 4.78 is 59.2. The van der Waals surface area contributed by atoms with Gasteiger partial charge in [-0.3, -0.25) is 0 Å². The lowest BCUT2D eigenvalue weighted by atomic mass is 9.99. The second-order valence-electron chi connectivity index (χ2n) is 4.42. The van der Waals surface area contributed by atoms with Gasteiger partial charge in [-0.15, -0.1) is 0 Å². The Morgan fingerprint density at radius 2 is 1.52 bits per heavy atom. The van der Waals surface area contributed by atoms with Gasteiger partial charge in [-0.05, 0) is 12.1 Å². The summed E-state index contributed by atoms with van der Waals surface area (Å²) in [5.74, 6) is -3.92. The minimum absolute atomic E-state index is 0.0574. The van der Waals surface area contributed by atoms with E-state index in [0.717, 1.165) is 30.3 Å². The van der Waals surface area contributed by atoms with Crippen LogP contribution in [0.2, 0.25) is 0 Å². The Kier molecular flexibility index (Phi) is 4.47. The van der Waals surface area contributed by atoms with E-state index in [1.54, 1.807) is 0 Å². The first-order valence-electron chi connectivity index (χ1n) is 6.08. The molecule has 0 aliphatic rings. The Morgan fingerprint density at radius 3 is 2.00 bits per heavy atom. The van der Waals surface area contributed by atoms with Gasteiger partial charge in [0, 0.05) is 24.1 Å². The fourth-order valence-electron chi connectivity index (χ4n) is 2.02. The summed E-state index contributed by atoms with van der Waals surface area (Å²) >= 11 is 0. The molecule has 2 aromatic carbocycles. The fraction of sp³-hybridized carbons (Fsp3) is 0.200. The van der Waals surface area contributed by atoms with E-state index in [1.807, 2.05) is 0 Å². The van der Waals surface area contributed by atoms with E-state index in [4.69, 9.17) is 0 Å². The van der Waals surface area contributed by atoms with E-state index in [9.17, 15) is 22.7 Å². The van der Waals surface area contributed by atoms with Crippen LogP contribution in [0, 0.1) is 23.3 Å². The average molecular weight is 300 g/mol. The molecule has 0 aliphatic carbocycles. The summed E-state index contributed by atoms with van der Waals surface area (Å²) in [5.41, 5.74) is -1.09. The molecule has 0 fully saturated rings. The van der Waals surface area contributed by atoms with Gasteiger partial charge in [0.1, 0.15) is 29.0 Å². The Bertz CT molecular complexity index is 615. The molecule has 2 nitrogen and oxygen atoms in total. The summed E-state index contributed by atoms with van der Waals surface area (Å²) in [7, 11) is 1.24. The maximum absolute atomic E-state index is 13.8. The van der Waals surface area contributed by atoms with Crippen LogP contribution in [-0.2, 0) is 6.42 Å². The summed E-state index contributed by atoms with van der Waals surface area (Å²) in [5, 5.41) is 9.89. The molecule has 0 bridgehead atoms. The number of aliphatic hydroxyl groups excluding tert-OH is 1. The molecule has 6 heteroatoms. The van der Waals surface area contributed by atoms with Gasteiger partial charge in [-0.1, -0.05) is 6.07 Å². The van der Waals surface area contributed by atoms with Crippen molar-refractivity contribution in [2.45, 2.75) is 12.5 Å². The number of hydrogen-bond donors (Lipinski definition) is 1. The molecule has 0 amide bonds. The van der Waals surface area contributed by atoms with E-state index in [1.165, 1.54) is 7.11 Å². The van der Waals surface area contributed by atoms with E-state index in [0.29, 0.717) is 0 Å². The quantitative estimate of drug-likeness (QED) is 0.875. The van der Waals surface area contributed by atoms with Gasteiger partial charge in [0.15, 0.2) is 0 Å². The van der Waals surface area contributed by atoms with Crippen molar-refractivity contribution >= 4 is 0 Å². The highest BCUT2D eigenvalue weighted by atomic mass is 19.1. The first-order valence-corrected chi connectivity index (χ1v) is 6.08. The van der Waals surface area contributed by atoms with Crippen LogP contribution >= 0.6 is 0 Å². The molecular formula is C15H12F4O2. The molecule has 2 aromatic rings. The SMILES string of the molecule is COc1cc(F)c(C(O)Cc2c(F)cccc2F)c(F)c1. The van der Waals surface area contributed by atoms with E-state index in [-0.39, 0.29) is 5.75 Å². The third-order valence-corrected chi connectivity index (χ3v) is 3.08. The predicted molar refractivity (Wildman–Crippen MR) is 67.9 cm³/mol. The first-order chi connectivity index (χ1) is 9.93. The van der Waals surface area contributed by atoms with Crippen molar-refractivity contribution in [3.8, 4) is 5.75 Å². The van der Waals surface area contributed by atoms with Gasteiger partial charge < -0.3 is 9.84 Å². The molecule has 0 aromatic heterocycles. The topological polar surface area (TPSA) is 29.5 Å². The smallest absolute Gasteiger partial charge is 0.135 e. The molecule has 2 rings (SSSR count). The molecule has 21 heavy (non-hydrogen) atoms. The van der Waals surface area contributed by atoms with Crippen molar-refractivity contribution in [2.24, 2.45) is 0 Å². The van der Waals surface area contributed by atoms with Crippen LogP contribution in [0.5, 0.6) is 5.75 Å². The van der Waals surface area contributed by atoms with Crippen LogP contribution in [-0.4, -0.2) is 12.2 Å². The van der Waals surface area contributed by atoms with E-state index >= 15 is 0 Å². The van der Waals surface area contributed by atoms with Crippen LogP contribution < -0.4 is 4.74 Å². The van der Waals surface area contributed by atoms with E-state index in [2.05, 4.69) is 4.74 Å². The molecule has 0 radical (unpaired) electrons. The minimum Gasteiger partial charge on any atom is -0.497 e. The molecule has 1 unspecified atom stereocenters. The van der Waals surface area contributed by atoms with Gasteiger partial charge in [0.05, 0.1) is 18.8 Å². The number of methoxy groups -OCH3 is 1. The molecule has 0 saturated heterocycles. The van der Waals surface area contributed by atoms with Crippen molar-refractivity contribution in [1.82, 2.24) is 0 Å². The monoisotopic (exact) mass is 300 g/mol. The van der Waals surface area contributed by atoms with Gasteiger partial charge in [-0.25, -0.2) is 17.6 Å². The molecule has 112 valence electrons. The Morgan fingerprint density at radius 1 is 1.00 bits per heavy atom. The number of rotatable bonds is 4. The molecule has 1 atom stereocenters. The molecule has 0 aliphatic heterocycles. The number of ether oxygens (including phenoxy) is 1. The van der Waals surface area contributed by atoms with Gasteiger partial charge in [-0.2, -0.15) is 0 Å². The van der Waals surface area contributed by atoms with Crippen molar-refractivity contribution < 1.29 is 27.4 Å². The van der Waals surface area contributed by atoms with Crippen LogP contribution in [0.3, 0.4) is 0 Å². The molecule has 1 N–H and O–H groups in total. The predicted octanol–water partition coefficient (Wildman–Crippen LogP) is 3.53. The summed E-state index contributed by atoms with van der Waals surface area (Å²) in [6.45, 7) is 0. The lowest BCUT2D eigenvalue weighted by molar-refractivity contribution is 0.165. The summed E-state index contributed by atoms with van der Waals surface area (Å²) in [4.78, 5) is 0. The molecule has 0 saturated carbocycles. The lowest BCUT2D eigenvalue weighted by Gasteiger charge is -2.15. The van der Waals surface area contributed by atoms with Crippen LogP contribution in [0.25, 0.3) is 0 Å². The highest BCUT2D eigenvalue weighted by Gasteiger charge is 2.22. The minimum atomic E-state index is -1.72. The summed E-state index contributed by atoms with van der Waals surface area (Å²) in [6, 6.07) is 4.95. The average Bonchev–Trinajstić information content (AvgIpc) is 2.42. The van der Waals surface area contributed by atoms with Gasteiger partial charge >= 0.3 is 0 Å². The Labute approximate surface area is 118 Å². The fourth-order valence-corrected chi connectivity index (χ4v) is 2.02. The van der Waals surface area contributed by atoms with Crippen molar-refractivity contribution in [1.29, 1.82) is 0 Å². The van der Waals surface area contributed by atoms with Crippen molar-refractivity contribution in [3.63, 3.8) is 0 Å². The van der Waals surface area contributed by atoms with E-state index < -0.39 is 46.9 Å². The summed E-state index contributed by atoms with van der Waals surface area (Å²) in [6.07, 6.45) is -2.30. The molecular weight excluding hydrogens is 288 g/mol. The highest BCUT2D eigenvalue weighted by molar-refractivity contribution is 5.33. The van der Waals surface area contributed by atoms with Crippen LogP contribution in [0.1, 0.15) is 17.2 Å². The number of benzene rings is 2. The van der Waals surface area contributed by atoms with Gasteiger partial charge in [0.2, 0.25) is 0 Å². The lowest BCUT2D eigenvalue weighted by Crippen LogP contribution is -2.10. The number of halogens is 4. The van der Waals surface area contributed by atoms with Crippen LogP contribution in [0.4, 0.5) is 17.6 Å². The third-order valence-electron chi connectivity index (χ3n) is 3.08. The first kappa shape index (κ1) is 15.3. The zero-order valence-electron chi connectivity index (χ0n) is 11.0. The number of hydrogen-bond acceptors (Lipinski definition) is 2. The molecule has 0 spiro atoms.